The number of benzene rings is 2. The molecule has 0 fully saturated rings. The Balaban J connectivity index is 2.32. The lowest BCUT2D eigenvalue weighted by molar-refractivity contribution is -0.136. The van der Waals surface area contributed by atoms with Gasteiger partial charge in [-0.25, -0.2) is 9.97 Å². The number of nitrogens with zero attached hydrogens (tertiary/aromatic N) is 2. The van der Waals surface area contributed by atoms with Gasteiger partial charge in [-0.2, -0.15) is 0 Å². The molecule has 0 aliphatic rings. The molecule has 0 unspecified atom stereocenters. The minimum absolute atomic E-state index is 0.0373. The number of rotatable bonds is 2. The molecule has 0 saturated heterocycles. The maximum atomic E-state index is 10.8. The molecule has 1 aromatic heterocycles. The number of hydrogen-bond acceptors (Lipinski definition) is 3. The molecule has 0 atom stereocenters. The van der Waals surface area contributed by atoms with Crippen LogP contribution in [0.1, 0.15) is 5.56 Å². The van der Waals surface area contributed by atoms with Crippen LogP contribution in [-0.4, -0.2) is 21.0 Å². The fourth-order valence-electron chi connectivity index (χ4n) is 2.01. The highest BCUT2D eigenvalue weighted by atomic mass is 16.4. The van der Waals surface area contributed by atoms with Gasteiger partial charge in [0.15, 0.2) is 0 Å². The molecule has 0 saturated carbocycles. The highest BCUT2D eigenvalue weighted by molar-refractivity contribution is 5.89. The van der Waals surface area contributed by atoms with Crippen molar-refractivity contribution >= 4 is 28.0 Å². The van der Waals surface area contributed by atoms with E-state index in [0.717, 1.165) is 16.6 Å². The molecule has 3 rings (SSSR count). The van der Waals surface area contributed by atoms with Crippen LogP contribution in [0, 0.1) is 0 Å². The molecule has 0 amide bonds. The zero-order valence-corrected chi connectivity index (χ0v) is 9.50. The Labute approximate surface area is 103 Å². The number of carboxylic acids is 1. The van der Waals surface area contributed by atoms with Gasteiger partial charge in [-0.05, 0) is 23.8 Å². The third kappa shape index (κ3) is 1.78. The fraction of sp³-hybridized carbons (Fsp3) is 0.0714. The molecular formula is C14H10N2O2. The smallest absolute Gasteiger partial charge is 0.307 e. The Morgan fingerprint density at radius 2 is 1.61 bits per heavy atom. The van der Waals surface area contributed by atoms with Crippen LogP contribution in [0.2, 0.25) is 0 Å². The van der Waals surface area contributed by atoms with Gasteiger partial charge >= 0.3 is 5.97 Å². The molecule has 2 aromatic carbocycles. The predicted octanol–water partition coefficient (Wildman–Crippen LogP) is 2.41. The summed E-state index contributed by atoms with van der Waals surface area (Å²) < 4.78 is 0. The van der Waals surface area contributed by atoms with E-state index in [4.69, 9.17) is 5.11 Å². The van der Waals surface area contributed by atoms with Crippen molar-refractivity contribution in [2.75, 3.05) is 0 Å². The van der Waals surface area contributed by atoms with E-state index in [1.54, 1.807) is 6.07 Å². The molecular weight excluding hydrogens is 228 g/mol. The Morgan fingerprint density at radius 1 is 0.944 bits per heavy atom. The van der Waals surface area contributed by atoms with Crippen molar-refractivity contribution in [3.8, 4) is 0 Å². The Hall–Kier alpha value is -2.49. The first kappa shape index (κ1) is 10.7. The summed E-state index contributed by atoms with van der Waals surface area (Å²) in [6, 6.07) is 13.0. The molecule has 18 heavy (non-hydrogen) atoms. The van der Waals surface area contributed by atoms with Crippen LogP contribution < -0.4 is 0 Å². The standard InChI is InChI=1S/C14H10N2O2/c17-13(18)8-9-4-3-7-12-14(9)16-11-6-2-1-5-10(11)15-12/h1-7H,8H2,(H,17,18). The van der Waals surface area contributed by atoms with Crippen molar-refractivity contribution in [3.63, 3.8) is 0 Å². The van der Waals surface area contributed by atoms with E-state index in [2.05, 4.69) is 9.97 Å². The molecule has 1 N–H and O–H groups in total. The second-order valence-electron chi connectivity index (χ2n) is 4.07. The van der Waals surface area contributed by atoms with Crippen LogP contribution >= 0.6 is 0 Å². The van der Waals surface area contributed by atoms with Crippen molar-refractivity contribution in [1.29, 1.82) is 0 Å². The lowest BCUT2D eigenvalue weighted by Crippen LogP contribution is -2.02. The summed E-state index contributed by atoms with van der Waals surface area (Å²) >= 11 is 0. The summed E-state index contributed by atoms with van der Waals surface area (Å²) in [7, 11) is 0. The average molecular weight is 238 g/mol. The summed E-state index contributed by atoms with van der Waals surface area (Å²) in [6.45, 7) is 0. The summed E-state index contributed by atoms with van der Waals surface area (Å²) in [5.74, 6) is -0.863. The van der Waals surface area contributed by atoms with Crippen LogP contribution in [0.5, 0.6) is 0 Å². The first-order valence-electron chi connectivity index (χ1n) is 5.60. The van der Waals surface area contributed by atoms with Crippen LogP contribution in [0.3, 0.4) is 0 Å². The zero-order chi connectivity index (χ0) is 12.5. The molecule has 1 heterocycles. The van der Waals surface area contributed by atoms with E-state index in [0.29, 0.717) is 11.1 Å². The third-order valence-electron chi connectivity index (χ3n) is 2.79. The average Bonchev–Trinajstić information content (AvgIpc) is 2.36. The summed E-state index contributed by atoms with van der Waals surface area (Å²) in [5.41, 5.74) is 3.68. The molecule has 0 spiro atoms. The van der Waals surface area contributed by atoms with Crippen LogP contribution in [0.25, 0.3) is 22.1 Å². The van der Waals surface area contributed by atoms with E-state index in [1.165, 1.54) is 0 Å². The quantitative estimate of drug-likeness (QED) is 0.696. The van der Waals surface area contributed by atoms with Gasteiger partial charge in [0, 0.05) is 0 Å². The SMILES string of the molecule is O=C(O)Cc1cccc2nc3ccccc3nc12. The minimum Gasteiger partial charge on any atom is -0.481 e. The van der Waals surface area contributed by atoms with Crippen molar-refractivity contribution in [2.45, 2.75) is 6.42 Å². The lowest BCUT2D eigenvalue weighted by atomic mass is 10.1. The van der Waals surface area contributed by atoms with E-state index >= 15 is 0 Å². The monoisotopic (exact) mass is 238 g/mol. The molecule has 88 valence electrons. The van der Waals surface area contributed by atoms with Gasteiger partial charge in [0.05, 0.1) is 28.5 Å². The molecule has 4 heteroatoms. The van der Waals surface area contributed by atoms with E-state index in [-0.39, 0.29) is 6.42 Å². The molecule has 3 aromatic rings. The number of aromatic nitrogens is 2. The van der Waals surface area contributed by atoms with Crippen molar-refractivity contribution in [1.82, 2.24) is 9.97 Å². The minimum atomic E-state index is -0.863. The number of fused-ring (bicyclic) bond motifs is 2. The van der Waals surface area contributed by atoms with Crippen LogP contribution in [0.15, 0.2) is 42.5 Å². The first-order chi connectivity index (χ1) is 8.74. The van der Waals surface area contributed by atoms with Gasteiger partial charge in [-0.15, -0.1) is 0 Å². The Morgan fingerprint density at radius 3 is 2.33 bits per heavy atom. The molecule has 0 aliphatic carbocycles. The van der Waals surface area contributed by atoms with Gasteiger partial charge in [-0.3, -0.25) is 4.79 Å². The van der Waals surface area contributed by atoms with E-state index in [9.17, 15) is 4.79 Å². The third-order valence-corrected chi connectivity index (χ3v) is 2.79. The summed E-state index contributed by atoms with van der Waals surface area (Å²) in [6.07, 6.45) is -0.0373. The topological polar surface area (TPSA) is 63.1 Å². The lowest BCUT2D eigenvalue weighted by Gasteiger charge is -2.04. The van der Waals surface area contributed by atoms with Crippen molar-refractivity contribution < 1.29 is 9.90 Å². The molecule has 0 aliphatic heterocycles. The maximum absolute atomic E-state index is 10.8. The largest absolute Gasteiger partial charge is 0.481 e. The molecule has 0 bridgehead atoms. The summed E-state index contributed by atoms with van der Waals surface area (Å²) in [4.78, 5) is 19.8. The second kappa shape index (κ2) is 4.07. The number of hydrogen-bond donors (Lipinski definition) is 1. The summed E-state index contributed by atoms with van der Waals surface area (Å²) in [5, 5.41) is 8.89. The second-order valence-corrected chi connectivity index (χ2v) is 4.07. The van der Waals surface area contributed by atoms with Crippen molar-refractivity contribution in [2.24, 2.45) is 0 Å². The van der Waals surface area contributed by atoms with Crippen molar-refractivity contribution in [3.05, 3.63) is 48.0 Å². The normalized spacial score (nSPS) is 10.9. The highest BCUT2D eigenvalue weighted by Crippen LogP contribution is 2.19. The number of carbonyl (C=O) groups is 1. The van der Waals surface area contributed by atoms with Gasteiger partial charge in [0.1, 0.15) is 0 Å². The van der Waals surface area contributed by atoms with Gasteiger partial charge < -0.3 is 5.11 Å². The number of carboxylic acid groups (broad SMARTS) is 1. The fourth-order valence-corrected chi connectivity index (χ4v) is 2.01. The Bertz CT molecular complexity index is 753. The van der Waals surface area contributed by atoms with Gasteiger partial charge in [0.25, 0.3) is 0 Å². The van der Waals surface area contributed by atoms with E-state index in [1.807, 2.05) is 36.4 Å². The Kier molecular flexibility index (Phi) is 2.41. The molecule has 4 nitrogen and oxygen atoms in total. The number of para-hydroxylation sites is 3. The predicted molar refractivity (Wildman–Crippen MR) is 68.4 cm³/mol. The van der Waals surface area contributed by atoms with E-state index < -0.39 is 5.97 Å². The highest BCUT2D eigenvalue weighted by Gasteiger charge is 2.08. The number of aliphatic carboxylic acids is 1. The van der Waals surface area contributed by atoms with Crippen LogP contribution in [0.4, 0.5) is 0 Å². The first-order valence-corrected chi connectivity index (χ1v) is 5.60. The molecule has 0 radical (unpaired) electrons. The van der Waals surface area contributed by atoms with Gasteiger partial charge in [-0.1, -0.05) is 24.3 Å². The van der Waals surface area contributed by atoms with Gasteiger partial charge in [0.2, 0.25) is 0 Å². The maximum Gasteiger partial charge on any atom is 0.307 e. The van der Waals surface area contributed by atoms with Crippen LogP contribution in [-0.2, 0) is 11.2 Å². The zero-order valence-electron chi connectivity index (χ0n) is 9.50.